The predicted molar refractivity (Wildman–Crippen MR) is 108 cm³/mol. The lowest BCUT2D eigenvalue weighted by Crippen LogP contribution is -2.46. The summed E-state index contributed by atoms with van der Waals surface area (Å²) in [5.74, 6) is -0.970. The van der Waals surface area contributed by atoms with Crippen molar-refractivity contribution in [3.8, 4) is 0 Å². The fraction of sp³-hybridized carbons (Fsp3) is 0.391. The van der Waals surface area contributed by atoms with Crippen molar-refractivity contribution >= 4 is 17.5 Å². The van der Waals surface area contributed by atoms with Crippen LogP contribution in [0.4, 0.5) is 10.1 Å². The molecule has 2 heterocycles. The van der Waals surface area contributed by atoms with E-state index < -0.39 is 5.92 Å². The summed E-state index contributed by atoms with van der Waals surface area (Å²) >= 11 is 0. The molecule has 29 heavy (non-hydrogen) atoms. The zero-order chi connectivity index (χ0) is 20.3. The Balaban J connectivity index is 1.42. The molecule has 0 radical (unpaired) electrons. The van der Waals surface area contributed by atoms with E-state index in [0.29, 0.717) is 32.0 Å². The lowest BCUT2D eigenvalue weighted by molar-refractivity contribution is -0.126. The van der Waals surface area contributed by atoms with Gasteiger partial charge in [-0.15, -0.1) is 0 Å². The molecular weight excluding hydrogens is 371 g/mol. The molecule has 152 valence electrons. The standard InChI is InChI=1S/C23H25FN2O3/c24-19-6-8-20(9-7-19)26-15-17(14-21(26)27)22(28)25-16-23(10-12-29-13-11-23)18-4-2-1-3-5-18/h1-9,17H,10-16H2,(H,25,28). The maximum Gasteiger partial charge on any atom is 0.227 e. The minimum Gasteiger partial charge on any atom is -0.381 e. The Labute approximate surface area is 169 Å². The third-order valence-electron chi connectivity index (χ3n) is 6.07. The van der Waals surface area contributed by atoms with Gasteiger partial charge >= 0.3 is 0 Å². The summed E-state index contributed by atoms with van der Waals surface area (Å²) in [6, 6.07) is 16.0. The second kappa shape index (κ2) is 8.33. The molecule has 4 rings (SSSR count). The van der Waals surface area contributed by atoms with Crippen LogP contribution in [-0.4, -0.2) is 38.1 Å². The number of anilines is 1. The molecule has 0 spiro atoms. The molecule has 6 heteroatoms. The van der Waals surface area contributed by atoms with Crippen LogP contribution < -0.4 is 10.2 Å². The van der Waals surface area contributed by atoms with Gasteiger partial charge in [0.2, 0.25) is 11.8 Å². The Kier molecular flexibility index (Phi) is 5.62. The SMILES string of the molecule is O=C(NCC1(c2ccccc2)CCOCC1)C1CC(=O)N(c2ccc(F)cc2)C1. The molecule has 2 amide bonds. The summed E-state index contributed by atoms with van der Waals surface area (Å²) in [6.45, 7) is 2.19. The third kappa shape index (κ3) is 4.17. The number of ether oxygens (including phenoxy) is 1. The van der Waals surface area contributed by atoms with Crippen molar-refractivity contribution in [2.45, 2.75) is 24.7 Å². The van der Waals surface area contributed by atoms with Gasteiger partial charge in [-0.1, -0.05) is 30.3 Å². The molecule has 2 aromatic rings. The van der Waals surface area contributed by atoms with Crippen LogP contribution in [0.5, 0.6) is 0 Å². The Morgan fingerprint density at radius 1 is 1.10 bits per heavy atom. The number of benzene rings is 2. The highest BCUT2D eigenvalue weighted by molar-refractivity contribution is 6.00. The highest BCUT2D eigenvalue weighted by atomic mass is 19.1. The number of rotatable bonds is 5. The monoisotopic (exact) mass is 396 g/mol. The average molecular weight is 396 g/mol. The summed E-state index contributed by atoms with van der Waals surface area (Å²) in [4.78, 5) is 26.8. The molecule has 2 fully saturated rings. The van der Waals surface area contributed by atoms with Gasteiger partial charge in [0, 0.05) is 43.8 Å². The van der Waals surface area contributed by atoms with Crippen molar-refractivity contribution in [3.05, 3.63) is 66.0 Å². The van der Waals surface area contributed by atoms with Gasteiger partial charge < -0.3 is 15.0 Å². The molecule has 1 atom stereocenters. The molecular formula is C23H25FN2O3. The van der Waals surface area contributed by atoms with Gasteiger partial charge in [0.05, 0.1) is 5.92 Å². The number of halogens is 1. The van der Waals surface area contributed by atoms with Gasteiger partial charge in [-0.25, -0.2) is 4.39 Å². The van der Waals surface area contributed by atoms with Crippen molar-refractivity contribution in [1.29, 1.82) is 0 Å². The maximum atomic E-state index is 13.2. The molecule has 5 nitrogen and oxygen atoms in total. The second-order valence-corrected chi connectivity index (χ2v) is 7.86. The first-order valence-electron chi connectivity index (χ1n) is 10.0. The second-order valence-electron chi connectivity index (χ2n) is 7.86. The molecule has 2 saturated heterocycles. The molecule has 0 bridgehead atoms. The molecule has 1 unspecified atom stereocenters. The first kappa shape index (κ1) is 19.6. The van der Waals surface area contributed by atoms with Crippen LogP contribution in [0.1, 0.15) is 24.8 Å². The lowest BCUT2D eigenvalue weighted by Gasteiger charge is -2.38. The van der Waals surface area contributed by atoms with Crippen LogP contribution >= 0.6 is 0 Å². The number of hydrogen-bond donors (Lipinski definition) is 1. The first-order valence-corrected chi connectivity index (χ1v) is 10.0. The van der Waals surface area contributed by atoms with Crippen LogP contribution in [0.2, 0.25) is 0 Å². The van der Waals surface area contributed by atoms with Crippen molar-refractivity contribution in [2.24, 2.45) is 5.92 Å². The van der Waals surface area contributed by atoms with E-state index in [2.05, 4.69) is 17.4 Å². The third-order valence-corrected chi connectivity index (χ3v) is 6.07. The minimum atomic E-state index is -0.403. The van der Waals surface area contributed by atoms with Crippen LogP contribution in [0.3, 0.4) is 0 Å². The molecule has 2 aromatic carbocycles. The summed E-state index contributed by atoms with van der Waals surface area (Å²) in [6.07, 6.45) is 1.87. The predicted octanol–water partition coefficient (Wildman–Crippen LogP) is 3.04. The van der Waals surface area contributed by atoms with Gasteiger partial charge in [0.15, 0.2) is 0 Å². The van der Waals surface area contributed by atoms with E-state index in [-0.39, 0.29) is 29.5 Å². The molecule has 0 saturated carbocycles. The molecule has 2 aliphatic rings. The number of amides is 2. The summed E-state index contributed by atoms with van der Waals surface area (Å²) < 4.78 is 18.7. The Morgan fingerprint density at radius 2 is 1.79 bits per heavy atom. The highest BCUT2D eigenvalue weighted by Crippen LogP contribution is 2.34. The number of carbonyl (C=O) groups excluding carboxylic acids is 2. The zero-order valence-electron chi connectivity index (χ0n) is 16.3. The van der Waals surface area contributed by atoms with Crippen LogP contribution in [0.15, 0.2) is 54.6 Å². The van der Waals surface area contributed by atoms with Gasteiger partial charge in [0.1, 0.15) is 5.82 Å². The highest BCUT2D eigenvalue weighted by Gasteiger charge is 2.38. The van der Waals surface area contributed by atoms with Crippen molar-refractivity contribution in [3.63, 3.8) is 0 Å². The average Bonchev–Trinajstić information content (AvgIpc) is 3.15. The molecule has 1 N–H and O–H groups in total. The Hall–Kier alpha value is -2.73. The molecule has 0 aliphatic carbocycles. The fourth-order valence-corrected chi connectivity index (χ4v) is 4.28. The first-order chi connectivity index (χ1) is 14.1. The van der Waals surface area contributed by atoms with E-state index in [4.69, 9.17) is 4.74 Å². The van der Waals surface area contributed by atoms with Crippen molar-refractivity contribution in [2.75, 3.05) is 31.2 Å². The zero-order valence-corrected chi connectivity index (χ0v) is 16.3. The van der Waals surface area contributed by atoms with Gasteiger partial charge in [-0.2, -0.15) is 0 Å². The fourth-order valence-electron chi connectivity index (χ4n) is 4.28. The number of nitrogens with zero attached hydrogens (tertiary/aromatic N) is 1. The van der Waals surface area contributed by atoms with Crippen LogP contribution in [-0.2, 0) is 19.7 Å². The molecule has 2 aliphatic heterocycles. The maximum absolute atomic E-state index is 13.2. The van der Waals surface area contributed by atoms with Gasteiger partial charge in [-0.05, 0) is 42.7 Å². The molecule has 0 aromatic heterocycles. The number of hydrogen-bond acceptors (Lipinski definition) is 3. The quantitative estimate of drug-likeness (QED) is 0.845. The number of carbonyl (C=O) groups is 2. The Bertz CT molecular complexity index is 863. The van der Waals surface area contributed by atoms with Crippen molar-refractivity contribution in [1.82, 2.24) is 5.32 Å². The van der Waals surface area contributed by atoms with Crippen LogP contribution in [0.25, 0.3) is 0 Å². The minimum absolute atomic E-state index is 0.107. The van der Waals surface area contributed by atoms with Crippen LogP contribution in [0, 0.1) is 11.7 Å². The topological polar surface area (TPSA) is 58.6 Å². The van der Waals surface area contributed by atoms with E-state index in [9.17, 15) is 14.0 Å². The lowest BCUT2D eigenvalue weighted by atomic mass is 9.74. The van der Waals surface area contributed by atoms with Gasteiger partial charge in [-0.3, -0.25) is 9.59 Å². The number of nitrogens with one attached hydrogen (secondary N) is 1. The summed E-state index contributed by atoms with van der Waals surface area (Å²) in [5.41, 5.74) is 1.69. The van der Waals surface area contributed by atoms with E-state index >= 15 is 0 Å². The van der Waals surface area contributed by atoms with E-state index in [1.165, 1.54) is 17.7 Å². The van der Waals surface area contributed by atoms with Gasteiger partial charge in [0.25, 0.3) is 0 Å². The van der Waals surface area contributed by atoms with E-state index in [0.717, 1.165) is 12.8 Å². The Morgan fingerprint density at radius 3 is 2.48 bits per heavy atom. The van der Waals surface area contributed by atoms with E-state index in [1.807, 2.05) is 18.2 Å². The normalized spacial score (nSPS) is 21.2. The smallest absolute Gasteiger partial charge is 0.227 e. The largest absolute Gasteiger partial charge is 0.381 e. The van der Waals surface area contributed by atoms with Crippen molar-refractivity contribution < 1.29 is 18.7 Å². The summed E-state index contributed by atoms with van der Waals surface area (Å²) in [7, 11) is 0. The summed E-state index contributed by atoms with van der Waals surface area (Å²) in [5, 5.41) is 3.10. The van der Waals surface area contributed by atoms with E-state index in [1.54, 1.807) is 17.0 Å².